The highest BCUT2D eigenvalue weighted by molar-refractivity contribution is 6.01. The van der Waals surface area contributed by atoms with E-state index >= 15 is 0 Å². The number of aryl methyl sites for hydroxylation is 1. The van der Waals surface area contributed by atoms with Crippen molar-refractivity contribution in [1.82, 2.24) is 14.8 Å². The summed E-state index contributed by atoms with van der Waals surface area (Å²) in [5.74, 6) is -1.45. The van der Waals surface area contributed by atoms with Gasteiger partial charge in [-0.25, -0.2) is 13.8 Å². The monoisotopic (exact) mass is 706 g/mol. The molecule has 0 atom stereocenters. The summed E-state index contributed by atoms with van der Waals surface area (Å²) >= 11 is 0. The first-order valence-electron chi connectivity index (χ1n) is 16.3. The Kier molecular flexibility index (Phi) is 18.6. The maximum absolute atomic E-state index is 13.7. The van der Waals surface area contributed by atoms with Crippen molar-refractivity contribution in [1.29, 1.82) is 0 Å². The molecule has 1 heterocycles. The van der Waals surface area contributed by atoms with Crippen molar-refractivity contribution >= 4 is 11.8 Å². The molecule has 50 heavy (non-hydrogen) atoms. The molecule has 4 rings (SSSR count). The predicted molar refractivity (Wildman–Crippen MR) is 184 cm³/mol. The Morgan fingerprint density at radius 3 is 1.90 bits per heavy atom. The first-order valence-corrected chi connectivity index (χ1v) is 16.3. The highest BCUT2D eigenvalue weighted by Gasteiger charge is 2.31. The van der Waals surface area contributed by atoms with Crippen LogP contribution in [0.15, 0.2) is 77.5 Å². The quantitative estimate of drug-likeness (QED) is 0.149. The van der Waals surface area contributed by atoms with Gasteiger partial charge in [0.15, 0.2) is 0 Å². The number of hydrogen-bond acceptors (Lipinski definition) is 5. The molecule has 13 heteroatoms. The third-order valence-corrected chi connectivity index (χ3v) is 6.93. The minimum atomic E-state index is -4.50. The highest BCUT2D eigenvalue weighted by Crippen LogP contribution is 2.30. The summed E-state index contributed by atoms with van der Waals surface area (Å²) in [5, 5.41) is 0. The number of oxazole rings is 1. The summed E-state index contributed by atoms with van der Waals surface area (Å²) in [7, 11) is 0. The van der Waals surface area contributed by atoms with Gasteiger partial charge >= 0.3 is 6.18 Å². The van der Waals surface area contributed by atoms with Gasteiger partial charge in [-0.15, -0.1) is 0 Å². The molecule has 0 unspecified atom stereocenters. The molecule has 0 bridgehead atoms. The lowest BCUT2D eigenvalue weighted by molar-refractivity contribution is -0.137. The second-order valence-corrected chi connectivity index (χ2v) is 10.9. The van der Waals surface area contributed by atoms with Gasteiger partial charge in [0.2, 0.25) is 5.89 Å². The van der Waals surface area contributed by atoms with Gasteiger partial charge in [-0.3, -0.25) is 9.59 Å². The molecule has 8 nitrogen and oxygen atoms in total. The number of nitrogens with two attached hydrogens (primary N) is 1. The fourth-order valence-electron chi connectivity index (χ4n) is 4.88. The molecule has 4 N–H and O–H groups in total. The number of nitrogens with zero attached hydrogens (tertiary/aromatic N) is 3. The Hall–Kier alpha value is -4.62. The van der Waals surface area contributed by atoms with Crippen molar-refractivity contribution in [3.05, 3.63) is 113 Å². The predicted octanol–water partition coefficient (Wildman–Crippen LogP) is 8.09. The largest absolute Gasteiger partial charge is 0.445 e. The highest BCUT2D eigenvalue weighted by atomic mass is 19.4. The fourth-order valence-corrected chi connectivity index (χ4v) is 4.88. The van der Waals surface area contributed by atoms with Gasteiger partial charge in [0.25, 0.3) is 11.8 Å². The van der Waals surface area contributed by atoms with E-state index in [0.717, 1.165) is 31.0 Å². The summed E-state index contributed by atoms with van der Waals surface area (Å²) in [4.78, 5) is 34.5. The Balaban J connectivity index is 0.000000893. The molecule has 0 saturated heterocycles. The summed E-state index contributed by atoms with van der Waals surface area (Å²) in [6.07, 6.45) is 0.378. The van der Waals surface area contributed by atoms with E-state index in [1.807, 2.05) is 27.7 Å². The molecule has 0 fully saturated rings. The van der Waals surface area contributed by atoms with Crippen molar-refractivity contribution in [3.8, 4) is 11.5 Å². The van der Waals surface area contributed by atoms with Crippen LogP contribution < -0.4 is 5.73 Å². The van der Waals surface area contributed by atoms with Gasteiger partial charge < -0.3 is 25.4 Å². The van der Waals surface area contributed by atoms with Gasteiger partial charge in [0, 0.05) is 48.9 Å². The van der Waals surface area contributed by atoms with Crippen LogP contribution in [0.5, 0.6) is 0 Å². The van der Waals surface area contributed by atoms with Crippen molar-refractivity contribution < 1.29 is 41.4 Å². The third kappa shape index (κ3) is 13.4. The number of carbonyl (C=O) groups excluding carboxylic acids is 2. The van der Waals surface area contributed by atoms with E-state index in [4.69, 9.17) is 10.2 Å². The third-order valence-electron chi connectivity index (χ3n) is 6.93. The summed E-state index contributed by atoms with van der Waals surface area (Å²) < 4.78 is 69.6. The van der Waals surface area contributed by atoms with Crippen LogP contribution in [-0.4, -0.2) is 58.3 Å². The maximum atomic E-state index is 13.7. The molecular weight excluding hydrogens is 659 g/mol. The standard InChI is InChI=1S/C28H33F3N4O3.C7H6F2.C2H6.H2O/c1-3-11-34(12-4-2)26(36)22-16-21(25-33-10-14-38-25)17-23(18-22)27(37)35(13-6-9-32)19-20-7-5-8-24(15-20)28(29,30)31;1-5-2-6(8)4-7(9)3-5;1-2;/h5,7-8,10,14-18H,3-4,6,9,11-13,19,32H2,1-2H3;2-4H,1H3;1-2H3;1H2. The molecule has 0 aliphatic heterocycles. The van der Waals surface area contributed by atoms with Crippen molar-refractivity contribution in [3.63, 3.8) is 0 Å². The van der Waals surface area contributed by atoms with Gasteiger partial charge in [0.1, 0.15) is 17.9 Å². The molecule has 0 spiro atoms. The molecule has 4 aromatic rings. The van der Waals surface area contributed by atoms with E-state index < -0.39 is 29.3 Å². The van der Waals surface area contributed by atoms with E-state index in [1.165, 1.54) is 41.6 Å². The molecule has 3 aromatic carbocycles. The Labute approximate surface area is 290 Å². The van der Waals surface area contributed by atoms with Crippen LogP contribution in [0.2, 0.25) is 0 Å². The second kappa shape index (κ2) is 21.5. The zero-order valence-electron chi connectivity index (χ0n) is 29.1. The number of rotatable bonds is 12. The summed E-state index contributed by atoms with van der Waals surface area (Å²) in [5.41, 5.74) is 6.80. The summed E-state index contributed by atoms with van der Waals surface area (Å²) in [6.45, 7) is 11.2. The molecule has 0 aliphatic carbocycles. The van der Waals surface area contributed by atoms with Crippen molar-refractivity contribution in [2.24, 2.45) is 5.73 Å². The Morgan fingerprint density at radius 1 is 0.840 bits per heavy atom. The van der Waals surface area contributed by atoms with E-state index in [9.17, 15) is 31.5 Å². The van der Waals surface area contributed by atoms with Crippen LogP contribution in [0.25, 0.3) is 11.5 Å². The molecular formula is C37H47F5N4O4. The number of benzene rings is 3. The number of hydrogen-bond donors (Lipinski definition) is 1. The zero-order chi connectivity index (χ0) is 36.6. The smallest absolute Gasteiger partial charge is 0.416 e. The SMILES string of the molecule is CC.CCCN(CCC)C(=O)c1cc(C(=O)N(CCCN)Cc2cccc(C(F)(F)F)c2)cc(-c2ncco2)c1.Cc1cc(F)cc(F)c1.O. The first-order chi connectivity index (χ1) is 23.4. The van der Waals surface area contributed by atoms with Gasteiger partial charge in [-0.05, 0) is 86.3 Å². The number of halogens is 5. The average Bonchev–Trinajstić information content (AvgIpc) is 3.61. The number of carbonyl (C=O) groups is 2. The molecule has 2 amide bonds. The molecule has 1 aromatic heterocycles. The van der Waals surface area contributed by atoms with Crippen LogP contribution in [0, 0.1) is 18.6 Å². The summed E-state index contributed by atoms with van der Waals surface area (Å²) in [6, 6.07) is 13.1. The maximum Gasteiger partial charge on any atom is 0.416 e. The van der Waals surface area contributed by atoms with Crippen LogP contribution in [0.1, 0.15) is 84.4 Å². The zero-order valence-corrected chi connectivity index (χ0v) is 29.1. The minimum absolute atomic E-state index is 0. The van der Waals surface area contributed by atoms with Crippen LogP contribution >= 0.6 is 0 Å². The molecule has 0 radical (unpaired) electrons. The number of amides is 2. The molecule has 274 valence electrons. The Morgan fingerprint density at radius 2 is 1.42 bits per heavy atom. The van der Waals surface area contributed by atoms with Gasteiger partial charge in [-0.2, -0.15) is 13.2 Å². The molecule has 0 aliphatic rings. The van der Waals surface area contributed by atoms with E-state index in [1.54, 1.807) is 30.0 Å². The average molecular weight is 707 g/mol. The lowest BCUT2D eigenvalue weighted by Crippen LogP contribution is -2.34. The minimum Gasteiger partial charge on any atom is -0.445 e. The van der Waals surface area contributed by atoms with E-state index in [-0.39, 0.29) is 35.9 Å². The van der Waals surface area contributed by atoms with Crippen molar-refractivity contribution in [2.45, 2.75) is 66.6 Å². The lowest BCUT2D eigenvalue weighted by Gasteiger charge is -2.25. The number of alkyl halides is 3. The fraction of sp³-hybridized carbons (Fsp3) is 0.378. The van der Waals surface area contributed by atoms with Crippen LogP contribution in [0.4, 0.5) is 22.0 Å². The lowest BCUT2D eigenvalue weighted by atomic mass is 10.0. The Bertz CT molecular complexity index is 1560. The first kappa shape index (κ1) is 43.4. The normalized spacial score (nSPS) is 10.5. The van der Waals surface area contributed by atoms with Crippen molar-refractivity contribution in [2.75, 3.05) is 26.2 Å². The second-order valence-electron chi connectivity index (χ2n) is 10.9. The van der Waals surface area contributed by atoms with Gasteiger partial charge in [0.05, 0.1) is 11.8 Å². The molecule has 0 saturated carbocycles. The van der Waals surface area contributed by atoms with Crippen LogP contribution in [0.3, 0.4) is 0 Å². The number of aromatic nitrogens is 1. The van der Waals surface area contributed by atoms with E-state index in [2.05, 4.69) is 4.98 Å². The topological polar surface area (TPSA) is 124 Å². The van der Waals surface area contributed by atoms with Gasteiger partial charge in [-0.1, -0.05) is 39.8 Å². The van der Waals surface area contributed by atoms with Crippen LogP contribution in [-0.2, 0) is 12.7 Å². The van der Waals surface area contributed by atoms with E-state index in [0.29, 0.717) is 48.3 Å².